The van der Waals surface area contributed by atoms with Crippen molar-refractivity contribution < 1.29 is 21.6 Å². The standard InChI is InChI=1S/C41H48N6O5S4/c1-27(44-17-21-46(22-18-44)55(49,50)29(3)31-13-15-39-35(25-31)42-33-9-5-7-11-37(33)53-39)41(48)28(2)45-19-23-47(24-20-45)56(51,52)30(4)32-14-16-40-36(26-32)43-34-10-6-8-12-38(34)54-40/h5-16,25-30,42-43H,17-24H2,1-4H3. The van der Waals surface area contributed by atoms with Gasteiger partial charge in [-0.25, -0.2) is 16.8 Å². The van der Waals surface area contributed by atoms with E-state index >= 15 is 0 Å². The minimum atomic E-state index is -3.64. The Hall–Kier alpha value is -3.41. The van der Waals surface area contributed by atoms with Gasteiger partial charge in [-0.2, -0.15) is 8.61 Å². The maximum Gasteiger partial charge on any atom is 0.220 e. The van der Waals surface area contributed by atoms with E-state index < -0.39 is 42.6 Å². The summed E-state index contributed by atoms with van der Waals surface area (Å²) in [5, 5.41) is 5.47. The van der Waals surface area contributed by atoms with Gasteiger partial charge in [-0.1, -0.05) is 59.9 Å². The monoisotopic (exact) mass is 832 g/mol. The molecule has 2 N–H and O–H groups in total. The van der Waals surface area contributed by atoms with Crippen molar-refractivity contribution in [1.82, 2.24) is 18.4 Å². The first-order chi connectivity index (χ1) is 26.8. The second-order valence-corrected chi connectivity index (χ2v) is 21.6. The zero-order valence-corrected chi connectivity index (χ0v) is 35.3. The molecule has 0 bridgehead atoms. The van der Waals surface area contributed by atoms with Crippen LogP contribution in [0.15, 0.2) is 105 Å². The molecule has 2 fully saturated rings. The molecule has 0 amide bonds. The van der Waals surface area contributed by atoms with Gasteiger partial charge in [-0.3, -0.25) is 14.6 Å². The molecule has 4 heterocycles. The van der Waals surface area contributed by atoms with E-state index in [0.29, 0.717) is 52.4 Å². The maximum absolute atomic E-state index is 13.9. The van der Waals surface area contributed by atoms with Gasteiger partial charge in [0.1, 0.15) is 0 Å². The van der Waals surface area contributed by atoms with Gasteiger partial charge in [0.05, 0.1) is 45.3 Å². The van der Waals surface area contributed by atoms with Crippen molar-refractivity contribution in [3.8, 4) is 0 Å². The fraction of sp³-hybridized carbons (Fsp3) is 0.390. The summed E-state index contributed by atoms with van der Waals surface area (Å²) in [6.45, 7) is 10.4. The Morgan fingerprint density at radius 2 is 0.875 bits per heavy atom. The van der Waals surface area contributed by atoms with E-state index in [4.69, 9.17) is 0 Å². The molecule has 56 heavy (non-hydrogen) atoms. The molecule has 4 unspecified atom stereocenters. The Morgan fingerprint density at radius 3 is 1.27 bits per heavy atom. The third kappa shape index (κ3) is 7.52. The number of carbonyl (C=O) groups is 1. The van der Waals surface area contributed by atoms with Crippen LogP contribution in [0.4, 0.5) is 22.7 Å². The highest BCUT2D eigenvalue weighted by molar-refractivity contribution is 8.00. The molecule has 0 saturated carbocycles. The van der Waals surface area contributed by atoms with Gasteiger partial charge < -0.3 is 10.6 Å². The molecule has 4 aliphatic rings. The predicted octanol–water partition coefficient (Wildman–Crippen LogP) is 7.17. The first-order valence-electron chi connectivity index (χ1n) is 19.2. The van der Waals surface area contributed by atoms with Gasteiger partial charge in [-0.15, -0.1) is 0 Å². The lowest BCUT2D eigenvalue weighted by molar-refractivity contribution is -0.129. The van der Waals surface area contributed by atoms with Crippen molar-refractivity contribution in [2.24, 2.45) is 0 Å². The van der Waals surface area contributed by atoms with Crippen molar-refractivity contribution in [1.29, 1.82) is 0 Å². The van der Waals surface area contributed by atoms with E-state index in [1.807, 2.05) is 86.6 Å². The van der Waals surface area contributed by atoms with Crippen LogP contribution in [-0.2, 0) is 24.8 Å². The summed E-state index contributed by atoms with van der Waals surface area (Å²) in [5.41, 5.74) is 5.31. The number of anilines is 4. The summed E-state index contributed by atoms with van der Waals surface area (Å²) >= 11 is 3.34. The van der Waals surface area contributed by atoms with Gasteiger partial charge >= 0.3 is 0 Å². The van der Waals surface area contributed by atoms with Gasteiger partial charge in [-0.05, 0) is 87.4 Å². The number of hydrogen-bond donors (Lipinski definition) is 2. The number of rotatable bonds is 10. The number of sulfonamides is 2. The number of nitrogens with one attached hydrogen (secondary N) is 2. The Balaban J connectivity index is 0.832. The van der Waals surface area contributed by atoms with E-state index in [2.05, 4.69) is 32.6 Å². The molecule has 2 saturated heterocycles. The fourth-order valence-corrected chi connectivity index (χ4v) is 13.2. The second kappa shape index (κ2) is 15.7. The second-order valence-electron chi connectivity index (χ2n) is 15.0. The molecule has 15 heteroatoms. The molecule has 296 valence electrons. The Bertz CT molecular complexity index is 2200. The van der Waals surface area contributed by atoms with Crippen molar-refractivity contribution in [3.63, 3.8) is 0 Å². The quantitative estimate of drug-likeness (QED) is 0.146. The first kappa shape index (κ1) is 39.4. The summed E-state index contributed by atoms with van der Waals surface area (Å²) in [7, 11) is -7.28. The average molecular weight is 833 g/mol. The smallest absolute Gasteiger partial charge is 0.220 e. The molecule has 11 nitrogen and oxygen atoms in total. The molecule has 4 atom stereocenters. The largest absolute Gasteiger partial charge is 0.354 e. The highest BCUT2D eigenvalue weighted by atomic mass is 32.2. The number of para-hydroxylation sites is 2. The molecule has 4 aliphatic heterocycles. The summed E-state index contributed by atoms with van der Waals surface area (Å²) in [4.78, 5) is 22.3. The average Bonchev–Trinajstić information content (AvgIpc) is 3.23. The molecule has 0 spiro atoms. The van der Waals surface area contributed by atoms with Crippen LogP contribution >= 0.6 is 23.5 Å². The summed E-state index contributed by atoms with van der Waals surface area (Å²) < 4.78 is 58.5. The van der Waals surface area contributed by atoms with Crippen LogP contribution < -0.4 is 10.6 Å². The molecule has 8 rings (SSSR count). The lowest BCUT2D eigenvalue weighted by atomic mass is 10.0. The molecular formula is C41H48N6O5S4. The van der Waals surface area contributed by atoms with E-state index in [9.17, 15) is 21.6 Å². The minimum Gasteiger partial charge on any atom is -0.354 e. The first-order valence-corrected chi connectivity index (χ1v) is 23.8. The summed E-state index contributed by atoms with van der Waals surface area (Å²) in [6, 6.07) is 27.0. The topological polar surface area (TPSA) is 122 Å². The number of Topliss-reactive ketones (excluding diaryl/α,β-unsaturated/α-hetero) is 1. The van der Waals surface area contributed by atoms with Crippen LogP contribution in [0.5, 0.6) is 0 Å². The number of nitrogens with zero attached hydrogens (tertiary/aromatic N) is 4. The number of hydrogen-bond acceptors (Lipinski definition) is 11. The van der Waals surface area contributed by atoms with Crippen LogP contribution in [-0.4, -0.2) is 105 Å². The van der Waals surface area contributed by atoms with Gasteiger partial charge in [0.2, 0.25) is 20.0 Å². The third-order valence-electron chi connectivity index (χ3n) is 11.8. The molecule has 0 aromatic heterocycles. The Morgan fingerprint density at radius 1 is 0.518 bits per heavy atom. The SMILES string of the molecule is CC(C(=O)C(C)N1CCN(S(=O)(=O)C(C)c2ccc3c(c2)Nc2ccccc2S3)CC1)N1CCN(S(=O)(=O)C(C)c2ccc3c(c2)Nc2ccccc2S3)CC1. The van der Waals surface area contributed by atoms with E-state index in [0.717, 1.165) is 53.5 Å². The van der Waals surface area contributed by atoms with E-state index in [1.165, 1.54) is 0 Å². The van der Waals surface area contributed by atoms with Gasteiger partial charge in [0, 0.05) is 71.9 Å². The molecular weight excluding hydrogens is 785 g/mol. The maximum atomic E-state index is 13.9. The lowest BCUT2D eigenvalue weighted by Gasteiger charge is -2.41. The normalized spacial score (nSPS) is 20.2. The van der Waals surface area contributed by atoms with Crippen LogP contribution in [0.3, 0.4) is 0 Å². The number of carbonyl (C=O) groups excluding carboxylic acids is 1. The minimum absolute atomic E-state index is 0.0568. The van der Waals surface area contributed by atoms with Crippen molar-refractivity contribution >= 4 is 72.1 Å². The van der Waals surface area contributed by atoms with Crippen LogP contribution in [0, 0.1) is 0 Å². The molecule has 4 aromatic carbocycles. The third-order valence-corrected chi connectivity index (χ3v) is 18.6. The summed E-state index contributed by atoms with van der Waals surface area (Å²) in [5.74, 6) is 0.0568. The molecule has 0 aliphatic carbocycles. The van der Waals surface area contributed by atoms with Crippen molar-refractivity contribution in [2.75, 3.05) is 63.0 Å². The highest BCUT2D eigenvalue weighted by Gasteiger charge is 2.39. The zero-order valence-electron chi connectivity index (χ0n) is 32.0. The fourth-order valence-electron chi connectivity index (χ4n) is 8.01. The Kier molecular flexibility index (Phi) is 11.1. The van der Waals surface area contributed by atoms with Crippen molar-refractivity contribution in [2.45, 2.75) is 69.9 Å². The van der Waals surface area contributed by atoms with E-state index in [1.54, 1.807) is 46.0 Å². The van der Waals surface area contributed by atoms with Gasteiger partial charge in [0.25, 0.3) is 0 Å². The lowest BCUT2D eigenvalue weighted by Crippen LogP contribution is -2.58. The highest BCUT2D eigenvalue weighted by Crippen LogP contribution is 2.46. The Labute approximate surface area is 339 Å². The number of ketones is 1. The number of benzene rings is 4. The van der Waals surface area contributed by atoms with E-state index in [-0.39, 0.29) is 5.78 Å². The zero-order chi connectivity index (χ0) is 39.4. The van der Waals surface area contributed by atoms with Crippen molar-refractivity contribution in [3.05, 3.63) is 96.1 Å². The number of piperazine rings is 2. The molecule has 4 aromatic rings. The van der Waals surface area contributed by atoms with Crippen LogP contribution in [0.2, 0.25) is 0 Å². The summed E-state index contributed by atoms with van der Waals surface area (Å²) in [6.07, 6.45) is 0. The number of fused-ring (bicyclic) bond motifs is 4. The van der Waals surface area contributed by atoms with Crippen LogP contribution in [0.1, 0.15) is 49.3 Å². The van der Waals surface area contributed by atoms with Crippen LogP contribution in [0.25, 0.3) is 0 Å². The molecule has 0 radical (unpaired) electrons. The van der Waals surface area contributed by atoms with Gasteiger partial charge in [0.15, 0.2) is 5.78 Å². The predicted molar refractivity (Wildman–Crippen MR) is 225 cm³/mol.